The highest BCUT2D eigenvalue weighted by Crippen LogP contribution is 2.47. The SMILES string of the molecule is C=CCCCCCCC[Si](O[Si](C)(C)C(C)(C)C)(O[Si](C)(C)C(C)(C)C)O[Si](C)(C)C(C)(C)C. The molecular formula is C27H62O3Si4. The van der Waals surface area contributed by atoms with Gasteiger partial charge in [-0.25, -0.2) is 0 Å². The van der Waals surface area contributed by atoms with Gasteiger partial charge in [0.25, 0.3) is 0 Å². The van der Waals surface area contributed by atoms with E-state index in [1.54, 1.807) is 0 Å². The van der Waals surface area contributed by atoms with Crippen molar-refractivity contribution < 1.29 is 12.3 Å². The highest BCUT2D eigenvalue weighted by Gasteiger charge is 2.57. The average molecular weight is 547 g/mol. The first kappa shape index (κ1) is 34.5. The third kappa shape index (κ3) is 10.5. The van der Waals surface area contributed by atoms with Gasteiger partial charge in [0.2, 0.25) is 0 Å². The van der Waals surface area contributed by atoms with Crippen LogP contribution >= 0.6 is 0 Å². The number of allylic oxidation sites excluding steroid dienone is 1. The van der Waals surface area contributed by atoms with Crippen LogP contribution in [0.1, 0.15) is 101 Å². The molecule has 0 N–H and O–H groups in total. The molecule has 0 bridgehead atoms. The van der Waals surface area contributed by atoms with E-state index in [0.717, 1.165) is 18.9 Å². The van der Waals surface area contributed by atoms with Gasteiger partial charge in [0.05, 0.1) is 0 Å². The molecule has 0 radical (unpaired) electrons. The van der Waals surface area contributed by atoms with E-state index in [1.165, 1.54) is 25.7 Å². The summed E-state index contributed by atoms with van der Waals surface area (Å²) in [5, 5.41) is 0.344. The Morgan fingerprint density at radius 3 is 1.12 bits per heavy atom. The molecule has 0 spiro atoms. The largest absolute Gasteiger partial charge is 0.469 e. The third-order valence-corrected chi connectivity index (χ3v) is 30.2. The number of hydrogen-bond donors (Lipinski definition) is 0. The van der Waals surface area contributed by atoms with E-state index >= 15 is 0 Å². The van der Waals surface area contributed by atoms with Crippen molar-refractivity contribution in [1.82, 2.24) is 0 Å². The van der Waals surface area contributed by atoms with Crippen molar-refractivity contribution in [2.24, 2.45) is 0 Å². The molecule has 0 saturated heterocycles. The monoisotopic (exact) mass is 546 g/mol. The fourth-order valence-electron chi connectivity index (χ4n) is 3.00. The molecule has 34 heavy (non-hydrogen) atoms. The highest BCUT2D eigenvalue weighted by molar-refractivity contribution is 6.92. The van der Waals surface area contributed by atoms with Crippen molar-refractivity contribution in [3.05, 3.63) is 12.7 Å². The normalized spacial score (nSPS) is 15.0. The van der Waals surface area contributed by atoms with Crippen molar-refractivity contribution in [2.45, 2.75) is 161 Å². The maximum atomic E-state index is 7.39. The Hall–Kier alpha value is 0.488. The molecule has 0 aliphatic rings. The molecular weight excluding hydrogens is 485 g/mol. The molecule has 0 unspecified atom stereocenters. The van der Waals surface area contributed by atoms with Crippen molar-refractivity contribution in [2.75, 3.05) is 0 Å². The van der Waals surface area contributed by atoms with Crippen molar-refractivity contribution >= 4 is 33.8 Å². The van der Waals surface area contributed by atoms with Crippen LogP contribution in [0.4, 0.5) is 0 Å². The van der Waals surface area contributed by atoms with Crippen LogP contribution in [-0.2, 0) is 12.3 Å². The average Bonchev–Trinajstić information content (AvgIpc) is 2.56. The van der Waals surface area contributed by atoms with Gasteiger partial charge in [-0.2, -0.15) is 0 Å². The molecule has 3 nitrogen and oxygen atoms in total. The lowest BCUT2D eigenvalue weighted by atomic mass is 10.1. The summed E-state index contributed by atoms with van der Waals surface area (Å²) < 4.78 is 22.2. The second-order valence-corrected chi connectivity index (χ2v) is 32.7. The summed E-state index contributed by atoms with van der Waals surface area (Å²) >= 11 is 0. The maximum Gasteiger partial charge on any atom is 0.469 e. The Balaban J connectivity index is 6.30. The standard InChI is InChI=1S/C27H62O3Si4/c1-17-18-19-20-21-22-23-24-34(28-31(11,12)25(2,3)4,29-32(13,14)26(5,6)7)30-33(15,16)27(8,9)10/h17H,1,18-24H2,2-16H3. The molecule has 0 saturated carbocycles. The predicted octanol–water partition coefficient (Wildman–Crippen LogP) is 10.5. The van der Waals surface area contributed by atoms with E-state index < -0.39 is 33.8 Å². The van der Waals surface area contributed by atoms with E-state index in [-0.39, 0.29) is 15.1 Å². The van der Waals surface area contributed by atoms with Crippen LogP contribution in [0.3, 0.4) is 0 Å². The van der Waals surface area contributed by atoms with Gasteiger partial charge in [0.1, 0.15) is 0 Å². The van der Waals surface area contributed by atoms with Gasteiger partial charge in [-0.15, -0.1) is 6.58 Å². The van der Waals surface area contributed by atoms with Gasteiger partial charge in [-0.05, 0) is 73.7 Å². The summed E-state index contributed by atoms with van der Waals surface area (Å²) in [4.78, 5) is 0. The minimum absolute atomic E-state index is 0.115. The van der Waals surface area contributed by atoms with Crippen molar-refractivity contribution in [3.63, 3.8) is 0 Å². The van der Waals surface area contributed by atoms with Gasteiger partial charge in [0, 0.05) is 6.04 Å². The predicted molar refractivity (Wildman–Crippen MR) is 163 cm³/mol. The van der Waals surface area contributed by atoms with Crippen LogP contribution in [0, 0.1) is 0 Å². The summed E-state index contributed by atoms with van der Waals surface area (Å²) in [5.74, 6) is 0. The zero-order valence-electron chi connectivity index (χ0n) is 26.0. The molecule has 7 heteroatoms. The Kier molecular flexibility index (Phi) is 12.5. The molecule has 0 aromatic rings. The summed E-state index contributed by atoms with van der Waals surface area (Å²) in [6.07, 6.45) is 9.27. The lowest BCUT2D eigenvalue weighted by Crippen LogP contribution is -2.65. The lowest BCUT2D eigenvalue weighted by Gasteiger charge is -2.52. The summed E-state index contributed by atoms with van der Waals surface area (Å²) in [5.41, 5.74) is 0. The maximum absolute atomic E-state index is 7.39. The molecule has 0 fully saturated rings. The van der Waals surface area contributed by atoms with Gasteiger partial charge in [0.15, 0.2) is 25.0 Å². The second kappa shape index (κ2) is 12.4. The lowest BCUT2D eigenvalue weighted by molar-refractivity contribution is 0.227. The van der Waals surface area contributed by atoms with E-state index in [2.05, 4.69) is 108 Å². The topological polar surface area (TPSA) is 27.7 Å². The van der Waals surface area contributed by atoms with Crippen LogP contribution in [0.2, 0.25) is 60.4 Å². The first-order valence-electron chi connectivity index (χ1n) is 13.6. The number of rotatable bonds is 14. The molecule has 0 amide bonds. The Morgan fingerprint density at radius 2 is 0.824 bits per heavy atom. The zero-order valence-corrected chi connectivity index (χ0v) is 30.0. The van der Waals surface area contributed by atoms with E-state index in [9.17, 15) is 0 Å². The summed E-state index contributed by atoms with van der Waals surface area (Å²) in [6.45, 7) is 39.0. The van der Waals surface area contributed by atoms with Crippen LogP contribution in [0.5, 0.6) is 0 Å². The fourth-order valence-corrected chi connectivity index (χ4v) is 19.5. The van der Waals surface area contributed by atoms with Crippen molar-refractivity contribution in [1.29, 1.82) is 0 Å². The van der Waals surface area contributed by atoms with E-state index in [0.29, 0.717) is 0 Å². The second-order valence-electron chi connectivity index (χ2n) is 14.9. The van der Waals surface area contributed by atoms with Gasteiger partial charge in [-0.1, -0.05) is 87.7 Å². The van der Waals surface area contributed by atoms with Gasteiger partial charge >= 0.3 is 8.80 Å². The Morgan fingerprint density at radius 1 is 0.529 bits per heavy atom. The van der Waals surface area contributed by atoms with Gasteiger partial charge < -0.3 is 12.3 Å². The smallest absolute Gasteiger partial charge is 0.416 e. The molecule has 0 aliphatic carbocycles. The van der Waals surface area contributed by atoms with Gasteiger partial charge in [-0.3, -0.25) is 0 Å². The summed E-state index contributed by atoms with van der Waals surface area (Å²) in [6, 6.07) is 0.944. The molecule has 0 atom stereocenters. The number of unbranched alkanes of at least 4 members (excludes halogenated alkanes) is 5. The Labute approximate surface area is 219 Å². The van der Waals surface area contributed by atoms with Crippen molar-refractivity contribution in [3.8, 4) is 0 Å². The fraction of sp³-hybridized carbons (Fsp3) is 0.926. The zero-order chi connectivity index (χ0) is 27.3. The molecule has 0 aromatic heterocycles. The van der Waals surface area contributed by atoms with Crippen LogP contribution in [0.15, 0.2) is 12.7 Å². The first-order chi connectivity index (χ1) is 14.9. The molecule has 204 valence electrons. The Bertz CT molecular complexity index is 554. The molecule has 0 heterocycles. The highest BCUT2D eigenvalue weighted by atomic mass is 28.5. The third-order valence-electron chi connectivity index (χ3n) is 8.54. The van der Waals surface area contributed by atoms with E-state index in [1.807, 2.05) is 6.08 Å². The summed E-state index contributed by atoms with van der Waals surface area (Å²) in [7, 11) is -9.23. The van der Waals surface area contributed by atoms with Crippen LogP contribution < -0.4 is 0 Å². The molecule has 0 aliphatic heterocycles. The number of hydrogen-bond acceptors (Lipinski definition) is 3. The van der Waals surface area contributed by atoms with Crippen LogP contribution in [-0.4, -0.2) is 33.8 Å². The first-order valence-corrected chi connectivity index (χ1v) is 24.3. The molecule has 0 aromatic carbocycles. The minimum atomic E-state index is -2.94. The van der Waals surface area contributed by atoms with Crippen LogP contribution in [0.25, 0.3) is 0 Å². The minimum Gasteiger partial charge on any atom is -0.416 e. The quantitative estimate of drug-likeness (QED) is 0.123. The molecule has 0 rings (SSSR count). The van der Waals surface area contributed by atoms with E-state index in [4.69, 9.17) is 12.3 Å².